The Morgan fingerprint density at radius 2 is 1.10 bits per heavy atom. The normalized spacial score (nSPS) is 9.80. The van der Waals surface area contributed by atoms with Gasteiger partial charge in [0.1, 0.15) is 35.4 Å². The van der Waals surface area contributed by atoms with E-state index >= 15 is 0 Å². The second-order valence-corrected chi connectivity index (χ2v) is 7.86. The zero-order chi connectivity index (χ0) is 29.5. The number of ether oxygens (including phenoxy) is 6. The van der Waals surface area contributed by atoms with Crippen molar-refractivity contribution in [2.24, 2.45) is 0 Å². The first-order valence-corrected chi connectivity index (χ1v) is 11.9. The number of nitrogens with zero attached hydrogens (tertiary/aromatic N) is 4. The van der Waals surface area contributed by atoms with Crippen LogP contribution in [0.25, 0.3) is 0 Å². The summed E-state index contributed by atoms with van der Waals surface area (Å²) in [5, 5.41) is 45.0. The van der Waals surface area contributed by atoms with Crippen molar-refractivity contribution in [1.82, 2.24) is 0 Å². The maximum atomic E-state index is 13.0. The Bertz CT molecular complexity index is 1280. The molecule has 0 spiro atoms. The smallest absolute Gasteiger partial charge is 0.493 e. The van der Waals surface area contributed by atoms with Crippen LogP contribution in [0.4, 0.5) is 16.2 Å². The number of hydrogen-bond acceptors (Lipinski definition) is 13. The van der Waals surface area contributed by atoms with Crippen LogP contribution in [-0.4, -0.2) is 60.9 Å². The molecule has 0 radical (unpaired) electrons. The quantitative estimate of drug-likeness (QED) is 0.197. The van der Waals surface area contributed by atoms with Crippen molar-refractivity contribution in [3.8, 4) is 47.3 Å². The van der Waals surface area contributed by atoms with E-state index < -0.39 is 6.16 Å². The molecule has 0 bridgehead atoms. The van der Waals surface area contributed by atoms with Crippen molar-refractivity contribution in [3.05, 3.63) is 34.4 Å². The molecule has 208 valence electrons. The molecule has 13 nitrogen and oxygen atoms in total. The van der Waals surface area contributed by atoms with Crippen molar-refractivity contribution in [2.75, 3.05) is 65.4 Å². The Kier molecular flexibility index (Phi) is 12.3. The van der Waals surface area contributed by atoms with Crippen LogP contribution < -0.4 is 29.6 Å². The fourth-order valence-corrected chi connectivity index (χ4v) is 3.59. The first-order valence-electron chi connectivity index (χ1n) is 11.9. The van der Waals surface area contributed by atoms with Crippen molar-refractivity contribution in [3.63, 3.8) is 0 Å². The van der Waals surface area contributed by atoms with Crippen LogP contribution in [0.2, 0.25) is 0 Å². The number of carbonyl (C=O) groups is 1. The topological polar surface area (TPSA) is 192 Å². The molecule has 0 unspecified atom stereocenters. The zero-order valence-corrected chi connectivity index (χ0v) is 22.5. The third-order valence-corrected chi connectivity index (χ3v) is 5.42. The zero-order valence-electron chi connectivity index (χ0n) is 22.5. The second-order valence-electron chi connectivity index (χ2n) is 7.86. The highest BCUT2D eigenvalue weighted by Gasteiger charge is 2.27. The van der Waals surface area contributed by atoms with Gasteiger partial charge in [-0.2, -0.15) is 21.0 Å². The molecule has 0 amide bonds. The largest absolute Gasteiger partial charge is 0.519 e. The standard InChI is InChI=1S/C27H28N6O7/c1-35-9-5-7-32-23-17(13-28)11-21(37-3)25(19(23)15-30)39-27(34)40-26-20(16-31)24(33-8-6-10-36-2)18(14-29)12-22(26)38-4/h11-12,32-33H,5-10H2,1-4H3. The molecule has 0 atom stereocenters. The number of carbonyl (C=O) groups excluding carboxylic acids is 1. The molecule has 0 aromatic heterocycles. The molecule has 0 saturated heterocycles. The summed E-state index contributed by atoms with van der Waals surface area (Å²) in [6.07, 6.45) is -0.170. The second kappa shape index (κ2) is 15.9. The number of benzene rings is 2. The summed E-state index contributed by atoms with van der Waals surface area (Å²) in [6.45, 7) is 1.61. The summed E-state index contributed by atoms with van der Waals surface area (Å²) in [5.74, 6) is -0.736. The van der Waals surface area contributed by atoms with Gasteiger partial charge in [-0.15, -0.1) is 0 Å². The van der Waals surface area contributed by atoms with Crippen LogP contribution in [0.1, 0.15) is 35.1 Å². The number of rotatable bonds is 14. The van der Waals surface area contributed by atoms with E-state index in [4.69, 9.17) is 28.4 Å². The van der Waals surface area contributed by atoms with Gasteiger partial charge >= 0.3 is 6.16 Å². The van der Waals surface area contributed by atoms with Gasteiger partial charge in [0.25, 0.3) is 0 Å². The molecule has 13 heteroatoms. The van der Waals surface area contributed by atoms with E-state index in [2.05, 4.69) is 10.6 Å². The maximum absolute atomic E-state index is 13.0. The Morgan fingerprint density at radius 1 is 0.700 bits per heavy atom. The average molecular weight is 549 g/mol. The Balaban J connectivity index is 2.51. The highest BCUT2D eigenvalue weighted by Crippen LogP contribution is 2.41. The molecule has 0 aliphatic heterocycles. The molecule has 0 saturated carbocycles. The summed E-state index contributed by atoms with van der Waals surface area (Å²) >= 11 is 0. The van der Waals surface area contributed by atoms with Gasteiger partial charge in [-0.05, 0) is 12.8 Å². The number of anilines is 2. The van der Waals surface area contributed by atoms with E-state index in [0.29, 0.717) is 39.1 Å². The van der Waals surface area contributed by atoms with Gasteiger partial charge in [0.05, 0.1) is 36.7 Å². The first-order chi connectivity index (χ1) is 19.4. The Hall–Kier alpha value is -5.21. The van der Waals surface area contributed by atoms with Gasteiger partial charge in [-0.3, -0.25) is 0 Å². The van der Waals surface area contributed by atoms with Gasteiger partial charge in [0.2, 0.25) is 0 Å². The molecule has 2 aromatic carbocycles. The van der Waals surface area contributed by atoms with Crippen molar-refractivity contribution < 1.29 is 33.2 Å². The van der Waals surface area contributed by atoms with E-state index in [1.807, 2.05) is 24.3 Å². The highest BCUT2D eigenvalue weighted by molar-refractivity contribution is 5.81. The minimum Gasteiger partial charge on any atom is -0.493 e. The van der Waals surface area contributed by atoms with E-state index in [0.717, 1.165) is 0 Å². The first kappa shape index (κ1) is 31.0. The summed E-state index contributed by atoms with van der Waals surface area (Å²) in [4.78, 5) is 13.0. The number of nitriles is 4. The minimum atomic E-state index is -1.32. The van der Waals surface area contributed by atoms with Gasteiger partial charge in [0, 0.05) is 52.7 Å². The lowest BCUT2D eigenvalue weighted by atomic mass is 10.1. The Labute approximate surface area is 231 Å². The lowest BCUT2D eigenvalue weighted by Gasteiger charge is -2.18. The van der Waals surface area contributed by atoms with E-state index in [1.54, 1.807) is 14.2 Å². The summed E-state index contributed by atoms with van der Waals surface area (Å²) < 4.78 is 31.3. The van der Waals surface area contributed by atoms with Gasteiger partial charge in [-0.1, -0.05) is 0 Å². The van der Waals surface area contributed by atoms with Gasteiger partial charge < -0.3 is 39.1 Å². The molecule has 0 aliphatic rings. The monoisotopic (exact) mass is 548 g/mol. The average Bonchev–Trinajstić information content (AvgIpc) is 2.97. The lowest BCUT2D eigenvalue weighted by molar-refractivity contribution is 0.148. The van der Waals surface area contributed by atoms with Crippen LogP contribution in [0, 0.1) is 45.3 Å². The molecule has 0 aliphatic carbocycles. The predicted molar refractivity (Wildman–Crippen MR) is 141 cm³/mol. The lowest BCUT2D eigenvalue weighted by Crippen LogP contribution is -2.18. The molecule has 2 N–H and O–H groups in total. The maximum Gasteiger partial charge on any atom is 0.519 e. The highest BCUT2D eigenvalue weighted by atomic mass is 16.7. The molecule has 0 heterocycles. The molecule has 0 fully saturated rings. The fourth-order valence-electron chi connectivity index (χ4n) is 3.59. The minimum absolute atomic E-state index is 0.0692. The van der Waals surface area contributed by atoms with Gasteiger partial charge in [-0.25, -0.2) is 4.79 Å². The number of methoxy groups -OCH3 is 4. The van der Waals surface area contributed by atoms with Crippen LogP contribution in [0.15, 0.2) is 12.1 Å². The summed E-state index contributed by atoms with van der Waals surface area (Å²) in [6, 6.07) is 10.5. The third kappa shape index (κ3) is 7.43. The van der Waals surface area contributed by atoms with E-state index in [-0.39, 0.29) is 56.6 Å². The SMILES string of the molecule is COCCCNc1c(C#N)cc(OC)c(OC(=O)Oc2c(OC)cc(C#N)c(NCCCOC)c2C#N)c1C#N. The van der Waals surface area contributed by atoms with Gasteiger partial charge in [0.15, 0.2) is 23.0 Å². The number of nitrogens with one attached hydrogen (secondary N) is 2. The van der Waals surface area contributed by atoms with E-state index in [1.165, 1.54) is 26.4 Å². The van der Waals surface area contributed by atoms with Crippen molar-refractivity contribution in [1.29, 1.82) is 21.0 Å². The van der Waals surface area contributed by atoms with Crippen molar-refractivity contribution >= 4 is 17.5 Å². The van der Waals surface area contributed by atoms with Crippen molar-refractivity contribution in [2.45, 2.75) is 12.8 Å². The third-order valence-electron chi connectivity index (χ3n) is 5.42. The van der Waals surface area contributed by atoms with Crippen LogP contribution in [0.3, 0.4) is 0 Å². The molecule has 2 aromatic rings. The molecular formula is C27H28N6O7. The Morgan fingerprint density at radius 3 is 1.40 bits per heavy atom. The fraction of sp³-hybridized carbons (Fsp3) is 0.370. The molecule has 40 heavy (non-hydrogen) atoms. The van der Waals surface area contributed by atoms with Crippen LogP contribution >= 0.6 is 0 Å². The summed E-state index contributed by atoms with van der Waals surface area (Å²) in [5.41, 5.74) is 0.130. The van der Waals surface area contributed by atoms with E-state index in [9.17, 15) is 25.8 Å². The van der Waals surface area contributed by atoms with Crippen LogP contribution in [0.5, 0.6) is 23.0 Å². The molecule has 2 rings (SSSR count). The summed E-state index contributed by atoms with van der Waals surface area (Å²) in [7, 11) is 5.65. The van der Waals surface area contributed by atoms with Crippen LogP contribution in [-0.2, 0) is 9.47 Å². The molecular weight excluding hydrogens is 520 g/mol. The number of hydrogen-bond donors (Lipinski definition) is 2. The predicted octanol–water partition coefficient (Wildman–Crippen LogP) is 3.67.